The van der Waals surface area contributed by atoms with E-state index >= 15 is 0 Å². The molecule has 4 heterocycles. The highest BCUT2D eigenvalue weighted by molar-refractivity contribution is 6.02. The first kappa shape index (κ1) is 75.5. The van der Waals surface area contributed by atoms with Crippen molar-refractivity contribution in [1.29, 1.82) is 0 Å². The van der Waals surface area contributed by atoms with Gasteiger partial charge in [-0.05, 0) is 182 Å². The Morgan fingerprint density at radius 3 is 1.24 bits per heavy atom. The minimum Gasteiger partial charge on any atom is -0.493 e. The molecule has 22 heteroatoms. The Morgan fingerprint density at radius 2 is 0.832 bits per heavy atom. The van der Waals surface area contributed by atoms with Gasteiger partial charge in [0.1, 0.15) is 5.75 Å². The van der Waals surface area contributed by atoms with E-state index in [9.17, 15) is 39.0 Å². The molecule has 13 N–H and O–H groups in total. The molecule has 11 atom stereocenters. The number of fused-ring (bicyclic) bond motifs is 6. The first-order chi connectivity index (χ1) is 51.0. The molecular weight excluding hydrogens is 1350 g/mol. The highest BCUT2D eigenvalue weighted by Gasteiger charge is 2.49. The fourth-order valence-electron chi connectivity index (χ4n) is 18.4. The summed E-state index contributed by atoms with van der Waals surface area (Å²) in [6, 6.07) is 38.2. The minimum absolute atomic E-state index is 0.00952. The minimum atomic E-state index is -1.07. The van der Waals surface area contributed by atoms with Crippen LogP contribution in [0.1, 0.15) is 287 Å². The predicted molar refractivity (Wildman–Crippen MR) is 413 cm³/mol. The van der Waals surface area contributed by atoms with Crippen LogP contribution in [-0.4, -0.2) is 119 Å². The first-order valence-electron chi connectivity index (χ1n) is 38.5. The van der Waals surface area contributed by atoms with Crippen LogP contribution in [0.4, 0.5) is 0 Å². The molecule has 0 radical (unpaired) electrons. The summed E-state index contributed by atoms with van der Waals surface area (Å²) in [5.41, 5.74) is 34.7. The number of nitrogens with one attached hydrogen (secondary N) is 3. The van der Waals surface area contributed by atoms with Crippen molar-refractivity contribution in [3.05, 3.63) is 205 Å². The van der Waals surface area contributed by atoms with Crippen LogP contribution in [0, 0.1) is 0 Å². The second-order valence-corrected chi connectivity index (χ2v) is 31.7. The van der Waals surface area contributed by atoms with E-state index in [-0.39, 0.29) is 95.4 Å². The van der Waals surface area contributed by atoms with Crippen molar-refractivity contribution in [2.24, 2.45) is 37.9 Å². The molecule has 0 saturated heterocycles. The summed E-state index contributed by atoms with van der Waals surface area (Å²) in [6.07, 6.45) is 9.34. The molecule has 107 heavy (non-hydrogen) atoms. The van der Waals surface area contributed by atoms with Crippen LogP contribution in [-0.2, 0) is 33.6 Å². The standard InChI is InChI=1S/2C29H36N4O3.C27H33N5O3/c2*1-5-29(6-2)16-24(34)33(27(30)32-29)23-13-17(3)20-12-11-18(14-22(20)23)26(35)31-25-21-10-8-7-9-19(21)15-28(25,4)36;1-3-27(4-2)15-23(33)32(26(29)31-27)21-11-12-35-22-10-9-17(13-19(21)22)25(34)30-24-18-8-6-5-7-16(18)14-20(24)28/h2*7-12,14,17,23,25,36H,5-6,13,15-16H2,1-4H3,(H2,30,32)(H,31,35);5-10,13,20-21,24H,3-4,11-12,14-15,28H2,1-2H3,(H2,29,31)(H,30,34)/t17-,23-,25-,28+;17-,23-,25-,28-;20-,21-,24-/m111/s1. The van der Waals surface area contributed by atoms with Crippen molar-refractivity contribution in [2.45, 2.75) is 247 Å². The van der Waals surface area contributed by atoms with Crippen molar-refractivity contribution in [1.82, 2.24) is 30.7 Å². The second-order valence-electron chi connectivity index (χ2n) is 31.7. The molecule has 9 aliphatic rings. The van der Waals surface area contributed by atoms with Crippen molar-refractivity contribution < 1.29 is 43.7 Å². The molecule has 6 aromatic carbocycles. The van der Waals surface area contributed by atoms with Gasteiger partial charge in [0.15, 0.2) is 17.9 Å². The molecule has 0 spiro atoms. The first-order valence-corrected chi connectivity index (χ1v) is 38.5. The van der Waals surface area contributed by atoms with Crippen molar-refractivity contribution >= 4 is 53.3 Å². The molecule has 0 aromatic heterocycles. The Balaban J connectivity index is 0.000000142. The van der Waals surface area contributed by atoms with Gasteiger partial charge >= 0.3 is 0 Å². The zero-order valence-corrected chi connectivity index (χ0v) is 63.4. The fraction of sp³-hybridized carbons (Fsp3) is 0.471. The van der Waals surface area contributed by atoms with Crippen LogP contribution in [0.5, 0.6) is 5.75 Å². The molecule has 4 aliphatic heterocycles. The molecule has 0 fully saturated rings. The third kappa shape index (κ3) is 14.1. The SMILES string of the molecule is CCC1(CC)CC(=O)N([C@@H]2CCOc3ccc(C(=O)N[C@@H]4c5ccccc5C[C@H]4N)cc32)C(N)=N1.CCC1(CC)CC(=O)N([C@@H]2C[C@@H](C)c3ccc(C(=O)N[C@@H]4c5ccccc5C[C@@]4(C)O)cc32)C(N)=N1.CCC1(CC)CC(=O)N([C@@H]2C[C@@H](C)c3ccc(C(=O)N[C@@H]4c5ccccc5C[C@]4(C)O)cc32)C(N)=N1. The molecule has 0 unspecified atom stereocenters. The van der Waals surface area contributed by atoms with Gasteiger partial charge in [-0.3, -0.25) is 43.5 Å². The largest absolute Gasteiger partial charge is 0.493 e. The van der Waals surface area contributed by atoms with Gasteiger partial charge < -0.3 is 53.8 Å². The summed E-state index contributed by atoms with van der Waals surface area (Å²) >= 11 is 0. The van der Waals surface area contributed by atoms with Crippen LogP contribution in [0.25, 0.3) is 0 Å². The molecule has 6 aromatic rings. The quantitative estimate of drug-likeness (QED) is 0.0462. The lowest BCUT2D eigenvalue weighted by atomic mass is 9.87. The van der Waals surface area contributed by atoms with E-state index < -0.39 is 39.9 Å². The van der Waals surface area contributed by atoms with Gasteiger partial charge in [0, 0.05) is 47.6 Å². The van der Waals surface area contributed by atoms with Gasteiger partial charge in [-0.15, -0.1) is 0 Å². The number of aliphatic imine (C=N–C) groups is 3. The van der Waals surface area contributed by atoms with Crippen molar-refractivity contribution in [3.63, 3.8) is 0 Å². The van der Waals surface area contributed by atoms with Crippen LogP contribution in [0.15, 0.2) is 142 Å². The molecule has 0 bridgehead atoms. The van der Waals surface area contributed by atoms with Gasteiger partial charge in [-0.1, -0.05) is 140 Å². The van der Waals surface area contributed by atoms with Crippen LogP contribution >= 0.6 is 0 Å². The summed E-state index contributed by atoms with van der Waals surface area (Å²) in [4.78, 5) is 99.2. The lowest BCUT2D eigenvalue weighted by Gasteiger charge is -2.41. The number of ether oxygens (including phenoxy) is 1. The average molecular weight is 1450 g/mol. The zero-order valence-electron chi connectivity index (χ0n) is 63.4. The summed E-state index contributed by atoms with van der Waals surface area (Å²) < 4.78 is 5.86. The molecule has 15 rings (SSSR count). The number of hydrogen-bond donors (Lipinski definition) is 9. The van der Waals surface area contributed by atoms with Gasteiger partial charge in [0.25, 0.3) is 17.7 Å². The number of rotatable bonds is 15. The Hall–Kier alpha value is -9.77. The molecule has 6 amide bonds. The van der Waals surface area contributed by atoms with Gasteiger partial charge in [-0.25, -0.2) is 15.0 Å². The van der Waals surface area contributed by atoms with Gasteiger partial charge in [0.05, 0.1) is 89.9 Å². The Morgan fingerprint density at radius 1 is 0.467 bits per heavy atom. The highest BCUT2D eigenvalue weighted by atomic mass is 16.5. The average Bonchev–Trinajstić information content (AvgIpc) is 1.76. The number of nitrogens with two attached hydrogens (primary N) is 4. The van der Waals surface area contributed by atoms with Gasteiger partial charge in [0.2, 0.25) is 17.7 Å². The van der Waals surface area contributed by atoms with E-state index in [0.717, 1.165) is 119 Å². The van der Waals surface area contributed by atoms with Crippen LogP contribution in [0.2, 0.25) is 0 Å². The number of aliphatic hydroxyl groups is 2. The van der Waals surface area contributed by atoms with Crippen LogP contribution in [0.3, 0.4) is 0 Å². The zero-order chi connectivity index (χ0) is 76.4. The van der Waals surface area contributed by atoms with Crippen LogP contribution < -0.4 is 43.6 Å². The smallest absolute Gasteiger partial charge is 0.251 e. The molecule has 564 valence electrons. The highest BCUT2D eigenvalue weighted by Crippen LogP contribution is 2.50. The summed E-state index contributed by atoms with van der Waals surface area (Å²) in [5, 5.41) is 31.3. The number of nitrogens with zero attached hydrogens (tertiary/aromatic N) is 6. The fourth-order valence-corrected chi connectivity index (χ4v) is 18.4. The van der Waals surface area contributed by atoms with Crippen molar-refractivity contribution in [2.75, 3.05) is 6.61 Å². The summed E-state index contributed by atoms with van der Waals surface area (Å²) in [7, 11) is 0. The molecule has 0 saturated carbocycles. The number of carbonyl (C=O) groups excluding carboxylic acids is 6. The summed E-state index contributed by atoms with van der Waals surface area (Å²) in [6.45, 7) is 20.5. The van der Waals surface area contributed by atoms with E-state index in [1.165, 1.54) is 0 Å². The third-order valence-corrected chi connectivity index (χ3v) is 25.0. The number of amides is 6. The number of carbonyl (C=O) groups is 6. The second kappa shape index (κ2) is 29.4. The normalized spacial score (nSPS) is 27.3. The maximum absolute atomic E-state index is 13.4. The maximum atomic E-state index is 13.4. The van der Waals surface area contributed by atoms with Gasteiger partial charge in [-0.2, -0.15) is 0 Å². The maximum Gasteiger partial charge on any atom is 0.251 e. The van der Waals surface area contributed by atoms with E-state index in [2.05, 4.69) is 35.9 Å². The van der Waals surface area contributed by atoms with E-state index in [1.807, 2.05) is 151 Å². The number of benzene rings is 6. The topological polar surface area (TPSA) is 339 Å². The number of guanidine groups is 3. The molecule has 5 aliphatic carbocycles. The Kier molecular flexibility index (Phi) is 20.7. The third-order valence-electron chi connectivity index (χ3n) is 25.0. The van der Waals surface area contributed by atoms with Crippen molar-refractivity contribution in [3.8, 4) is 5.75 Å². The monoisotopic (exact) mass is 1450 g/mol. The lowest BCUT2D eigenvalue weighted by Crippen LogP contribution is -2.53. The van der Waals surface area contributed by atoms with E-state index in [1.54, 1.807) is 40.7 Å². The van der Waals surface area contributed by atoms with E-state index in [0.29, 0.717) is 67.6 Å². The Labute approximate surface area is 627 Å². The molecule has 22 nitrogen and oxygen atoms in total. The molecular formula is C85H105N13O9. The number of hydrogen-bond acceptors (Lipinski definition) is 16. The predicted octanol–water partition coefficient (Wildman–Crippen LogP) is 11.2. The summed E-state index contributed by atoms with van der Waals surface area (Å²) in [5.74, 6) is 1.13. The lowest BCUT2D eigenvalue weighted by molar-refractivity contribution is -0.132. The van der Waals surface area contributed by atoms with E-state index in [4.69, 9.17) is 42.6 Å². The Bertz CT molecular complexity index is 4390.